The molecule has 1 aromatic carbocycles. The van der Waals surface area contributed by atoms with Gasteiger partial charge >= 0.3 is 0 Å². The fraction of sp³-hybridized carbons (Fsp3) is 0.647. The van der Waals surface area contributed by atoms with Gasteiger partial charge in [-0.05, 0) is 61.4 Å². The van der Waals surface area contributed by atoms with Crippen LogP contribution in [0.1, 0.15) is 45.6 Å². The summed E-state index contributed by atoms with van der Waals surface area (Å²) in [5.74, 6) is 1.56. The van der Waals surface area contributed by atoms with Crippen LogP contribution in [0, 0.1) is 5.92 Å². The van der Waals surface area contributed by atoms with Crippen molar-refractivity contribution in [2.45, 2.75) is 45.4 Å². The summed E-state index contributed by atoms with van der Waals surface area (Å²) in [5.41, 5.74) is 1.36. The van der Waals surface area contributed by atoms with E-state index in [1.54, 1.807) is 0 Å². The Labute approximate surface area is 127 Å². The summed E-state index contributed by atoms with van der Waals surface area (Å²) >= 11 is 6.32. The Morgan fingerprint density at radius 3 is 2.75 bits per heavy atom. The van der Waals surface area contributed by atoms with E-state index in [4.69, 9.17) is 16.3 Å². The topological polar surface area (TPSA) is 21.3 Å². The molecule has 0 spiro atoms. The van der Waals surface area contributed by atoms with Crippen LogP contribution >= 0.6 is 11.6 Å². The minimum atomic E-state index is 0.121. The summed E-state index contributed by atoms with van der Waals surface area (Å²) in [7, 11) is 0. The van der Waals surface area contributed by atoms with Crippen LogP contribution in [0.15, 0.2) is 18.2 Å². The molecule has 1 saturated heterocycles. The molecule has 0 radical (unpaired) electrons. The highest BCUT2D eigenvalue weighted by Crippen LogP contribution is 2.31. The van der Waals surface area contributed by atoms with Crippen molar-refractivity contribution in [3.8, 4) is 5.75 Å². The molecule has 0 amide bonds. The van der Waals surface area contributed by atoms with Gasteiger partial charge in [0.1, 0.15) is 5.75 Å². The predicted molar refractivity (Wildman–Crippen MR) is 85.9 cm³/mol. The summed E-state index contributed by atoms with van der Waals surface area (Å²) in [6.45, 7) is 9.61. The van der Waals surface area contributed by atoms with Gasteiger partial charge < -0.3 is 10.1 Å². The maximum atomic E-state index is 6.32. The Balaban J connectivity index is 1.86. The molecule has 0 bridgehead atoms. The largest absolute Gasteiger partial charge is 0.492 e. The normalized spacial score (nSPS) is 19.9. The minimum Gasteiger partial charge on any atom is -0.492 e. The molecule has 1 aromatic rings. The van der Waals surface area contributed by atoms with Crippen molar-refractivity contribution in [3.63, 3.8) is 0 Å². The Kier molecular flexibility index (Phi) is 5.34. The lowest BCUT2D eigenvalue weighted by atomic mass is 9.87. The van der Waals surface area contributed by atoms with Gasteiger partial charge in [0, 0.05) is 0 Å². The monoisotopic (exact) mass is 295 g/mol. The van der Waals surface area contributed by atoms with Crippen LogP contribution in [0.3, 0.4) is 0 Å². The molecular formula is C17H26ClNO. The number of nitrogens with one attached hydrogen (secondary N) is 1. The zero-order valence-electron chi connectivity index (χ0n) is 12.8. The van der Waals surface area contributed by atoms with E-state index in [2.05, 4.69) is 32.2 Å². The lowest BCUT2D eigenvalue weighted by Gasteiger charge is -2.23. The van der Waals surface area contributed by atoms with Gasteiger partial charge in [0.25, 0.3) is 0 Å². The van der Waals surface area contributed by atoms with E-state index in [-0.39, 0.29) is 5.41 Å². The number of benzene rings is 1. The van der Waals surface area contributed by atoms with Gasteiger partial charge in [-0.25, -0.2) is 0 Å². The van der Waals surface area contributed by atoms with E-state index >= 15 is 0 Å². The number of rotatable bonds is 4. The maximum absolute atomic E-state index is 6.32. The summed E-state index contributed by atoms with van der Waals surface area (Å²) in [4.78, 5) is 0. The first-order valence-electron chi connectivity index (χ1n) is 7.60. The molecule has 1 aliphatic heterocycles. The summed E-state index contributed by atoms with van der Waals surface area (Å²) in [6.07, 6.45) is 3.70. The van der Waals surface area contributed by atoms with Gasteiger partial charge in [-0.1, -0.05) is 38.4 Å². The molecule has 112 valence electrons. The van der Waals surface area contributed by atoms with E-state index in [1.807, 2.05) is 12.1 Å². The van der Waals surface area contributed by atoms with Crippen LogP contribution < -0.4 is 10.1 Å². The fourth-order valence-corrected chi connectivity index (χ4v) is 2.83. The van der Waals surface area contributed by atoms with Crippen molar-refractivity contribution in [1.29, 1.82) is 0 Å². The molecule has 2 rings (SSSR count). The van der Waals surface area contributed by atoms with E-state index in [0.29, 0.717) is 0 Å². The molecule has 1 fully saturated rings. The Bertz CT molecular complexity index is 433. The van der Waals surface area contributed by atoms with E-state index in [0.717, 1.165) is 42.8 Å². The number of ether oxygens (including phenoxy) is 1. The van der Waals surface area contributed by atoms with Crippen molar-refractivity contribution in [3.05, 3.63) is 28.8 Å². The van der Waals surface area contributed by atoms with Gasteiger partial charge in [-0.3, -0.25) is 0 Å². The third-order valence-corrected chi connectivity index (χ3v) is 4.28. The van der Waals surface area contributed by atoms with E-state index < -0.39 is 0 Å². The van der Waals surface area contributed by atoms with Crippen LogP contribution in [-0.2, 0) is 5.41 Å². The number of piperidine rings is 1. The molecule has 0 saturated carbocycles. The van der Waals surface area contributed by atoms with Crippen LogP contribution in [0.4, 0.5) is 0 Å². The SMILES string of the molecule is CC(C)(C)c1ccc(OCC[C@@H]2CCCNC2)c(Cl)c1. The molecule has 0 aromatic heterocycles. The van der Waals surface area contributed by atoms with Crippen LogP contribution in [0.5, 0.6) is 5.75 Å². The highest BCUT2D eigenvalue weighted by Gasteiger charge is 2.16. The highest BCUT2D eigenvalue weighted by atomic mass is 35.5. The molecule has 1 aliphatic rings. The Hall–Kier alpha value is -0.730. The van der Waals surface area contributed by atoms with Gasteiger partial charge in [-0.15, -0.1) is 0 Å². The highest BCUT2D eigenvalue weighted by molar-refractivity contribution is 6.32. The van der Waals surface area contributed by atoms with Crippen LogP contribution in [0.2, 0.25) is 5.02 Å². The fourth-order valence-electron chi connectivity index (χ4n) is 2.59. The minimum absolute atomic E-state index is 0.121. The number of hydrogen-bond acceptors (Lipinski definition) is 2. The van der Waals surface area contributed by atoms with Crippen molar-refractivity contribution >= 4 is 11.6 Å². The zero-order chi connectivity index (χ0) is 14.6. The summed E-state index contributed by atoms with van der Waals surface area (Å²) in [6, 6.07) is 6.14. The second kappa shape index (κ2) is 6.82. The summed E-state index contributed by atoms with van der Waals surface area (Å²) < 4.78 is 5.85. The standard InChI is InChI=1S/C17H26ClNO/c1-17(2,3)14-6-7-16(15(18)11-14)20-10-8-13-5-4-9-19-12-13/h6-7,11,13,19H,4-5,8-10,12H2,1-3H3/t13-/m0/s1. The first kappa shape index (κ1) is 15.7. The predicted octanol–water partition coefficient (Wildman–Crippen LogP) is 4.41. The first-order chi connectivity index (χ1) is 9.47. The molecular weight excluding hydrogens is 270 g/mol. The average Bonchev–Trinajstić information content (AvgIpc) is 2.40. The smallest absolute Gasteiger partial charge is 0.137 e. The van der Waals surface area contributed by atoms with Gasteiger partial charge in [0.2, 0.25) is 0 Å². The van der Waals surface area contributed by atoms with Gasteiger partial charge in [0.15, 0.2) is 0 Å². The van der Waals surface area contributed by atoms with Crippen molar-refractivity contribution < 1.29 is 4.74 Å². The lowest BCUT2D eigenvalue weighted by Crippen LogP contribution is -2.30. The third-order valence-electron chi connectivity index (χ3n) is 3.98. The van der Waals surface area contributed by atoms with Crippen molar-refractivity contribution in [1.82, 2.24) is 5.32 Å². The van der Waals surface area contributed by atoms with E-state index in [9.17, 15) is 0 Å². The second-order valence-electron chi connectivity index (χ2n) is 6.74. The number of hydrogen-bond donors (Lipinski definition) is 1. The quantitative estimate of drug-likeness (QED) is 0.888. The van der Waals surface area contributed by atoms with Gasteiger partial charge in [-0.2, -0.15) is 0 Å². The Morgan fingerprint density at radius 1 is 1.35 bits per heavy atom. The Morgan fingerprint density at radius 2 is 2.15 bits per heavy atom. The zero-order valence-corrected chi connectivity index (χ0v) is 13.6. The molecule has 1 heterocycles. The van der Waals surface area contributed by atoms with Crippen molar-refractivity contribution in [2.75, 3.05) is 19.7 Å². The number of halogens is 1. The molecule has 1 atom stereocenters. The maximum Gasteiger partial charge on any atom is 0.137 e. The summed E-state index contributed by atoms with van der Waals surface area (Å²) in [5, 5.41) is 4.16. The third kappa shape index (κ3) is 4.39. The molecule has 0 aliphatic carbocycles. The average molecular weight is 296 g/mol. The lowest BCUT2D eigenvalue weighted by molar-refractivity contribution is 0.254. The second-order valence-corrected chi connectivity index (χ2v) is 7.15. The molecule has 0 unspecified atom stereocenters. The molecule has 2 nitrogen and oxygen atoms in total. The van der Waals surface area contributed by atoms with E-state index in [1.165, 1.54) is 18.4 Å². The van der Waals surface area contributed by atoms with Crippen molar-refractivity contribution in [2.24, 2.45) is 5.92 Å². The van der Waals surface area contributed by atoms with Gasteiger partial charge in [0.05, 0.1) is 11.6 Å². The van der Waals surface area contributed by atoms with Crippen LogP contribution in [0.25, 0.3) is 0 Å². The molecule has 3 heteroatoms. The molecule has 1 N–H and O–H groups in total. The first-order valence-corrected chi connectivity index (χ1v) is 7.98. The van der Waals surface area contributed by atoms with Crippen LogP contribution in [-0.4, -0.2) is 19.7 Å². The molecule has 20 heavy (non-hydrogen) atoms.